The van der Waals surface area contributed by atoms with E-state index < -0.39 is 0 Å². The molecule has 0 amide bonds. The van der Waals surface area contributed by atoms with E-state index in [-0.39, 0.29) is 14.9 Å². The lowest BCUT2D eigenvalue weighted by atomic mass is 10.1. The zero-order valence-electron chi connectivity index (χ0n) is 14.4. The van der Waals surface area contributed by atoms with Crippen LogP contribution >= 0.6 is 13.5 Å². The Balaban J connectivity index is -0.00000128. The predicted octanol–water partition coefficient (Wildman–Crippen LogP) is 5.23. The third kappa shape index (κ3) is 9.27. The summed E-state index contributed by atoms with van der Waals surface area (Å²) >= 11 is 0. The van der Waals surface area contributed by atoms with E-state index in [9.17, 15) is 0 Å². The molecule has 0 spiro atoms. The fraction of sp³-hybridized carbons (Fsp3) is 1.00. The molecule has 0 aromatic rings. The Morgan fingerprint density at radius 2 is 0.778 bits per heavy atom. The smallest absolute Gasteiger partial charge is 0.324 e. The number of hydrogen-bond acceptors (Lipinski definition) is 0. The van der Waals surface area contributed by atoms with Gasteiger partial charge in [-0.3, -0.25) is 0 Å². The maximum Gasteiger partial charge on any atom is 1.00 e. The third-order valence-electron chi connectivity index (χ3n) is 3.94. The Bertz CT molecular complexity index is 127. The number of hydrogen-bond donors (Lipinski definition) is 0. The highest BCUT2D eigenvalue weighted by Gasteiger charge is 2.24. The monoisotopic (exact) mass is 277 g/mol. The molecule has 0 rings (SSSR count). The van der Waals surface area contributed by atoms with Crippen molar-refractivity contribution in [2.24, 2.45) is 0 Å². The van der Waals surface area contributed by atoms with Crippen molar-refractivity contribution in [1.29, 1.82) is 0 Å². The van der Waals surface area contributed by atoms with Crippen molar-refractivity contribution in [3.8, 4) is 0 Å². The van der Waals surface area contributed by atoms with Gasteiger partial charge in [0.1, 0.15) is 0 Å². The molecule has 0 heterocycles. The normalized spacial score (nSPS) is 11.3. The van der Waals surface area contributed by atoms with Gasteiger partial charge in [-0.2, -0.15) is 13.5 Å². The molecule has 0 saturated heterocycles. The van der Waals surface area contributed by atoms with E-state index in [0.717, 1.165) is 0 Å². The summed E-state index contributed by atoms with van der Waals surface area (Å²) in [5, 5.41) is 0. The minimum Gasteiger partial charge on any atom is -0.324 e. The van der Waals surface area contributed by atoms with Gasteiger partial charge in [-0.15, -0.1) is 0 Å². The second-order valence-electron chi connectivity index (χ2n) is 5.65. The van der Waals surface area contributed by atoms with Gasteiger partial charge in [0, 0.05) is 0 Å². The van der Waals surface area contributed by atoms with E-state index >= 15 is 0 Å². The first-order chi connectivity index (χ1) is 8.24. The average molecular weight is 278 g/mol. The summed E-state index contributed by atoms with van der Waals surface area (Å²) in [7, 11) is 0. The first kappa shape index (κ1) is 20.6. The molecule has 0 aliphatic rings. The van der Waals surface area contributed by atoms with Crippen LogP contribution in [0.3, 0.4) is 0 Å². The molecule has 2 heteroatoms. The predicted molar refractivity (Wildman–Crippen MR) is 90.9 cm³/mol. The maximum atomic E-state index is 2.33. The zero-order valence-corrected chi connectivity index (χ0v) is 14.4. The minimum absolute atomic E-state index is 0. The van der Waals surface area contributed by atoms with Crippen LogP contribution in [0.5, 0.6) is 0 Å². The number of unbranched alkanes of at least 4 members (excludes halogenated alkanes) is 4. The van der Waals surface area contributed by atoms with E-state index in [1.807, 2.05) is 0 Å². The molecule has 0 fully saturated rings. The quantitative estimate of drug-likeness (QED) is 0.429. The fourth-order valence-corrected chi connectivity index (χ4v) is 2.64. The average Bonchev–Trinajstić information content (AvgIpc) is 2.37. The molecule has 0 bridgehead atoms. The van der Waals surface area contributed by atoms with E-state index in [1.165, 1.54) is 82.0 Å². The third-order valence-corrected chi connectivity index (χ3v) is 3.94. The molecule has 0 atom stereocenters. The van der Waals surface area contributed by atoms with Crippen molar-refractivity contribution in [2.45, 2.75) is 79.1 Å². The van der Waals surface area contributed by atoms with E-state index in [1.54, 1.807) is 0 Å². The first-order valence-electron chi connectivity index (χ1n) is 8.09. The van der Waals surface area contributed by atoms with E-state index in [4.69, 9.17) is 0 Å². The Labute approximate surface area is 125 Å². The number of nitrogens with zero attached hydrogens (tertiary/aromatic N) is 1. The van der Waals surface area contributed by atoms with Crippen molar-refractivity contribution in [1.82, 2.24) is 0 Å². The molecule has 18 heavy (non-hydrogen) atoms. The van der Waals surface area contributed by atoms with Gasteiger partial charge in [0.25, 0.3) is 0 Å². The zero-order chi connectivity index (χ0) is 13.0. The lowest BCUT2D eigenvalue weighted by Gasteiger charge is -2.39. The number of quaternary nitrogens is 1. The Hall–Kier alpha value is 0.310. The fourth-order valence-electron chi connectivity index (χ4n) is 2.64. The summed E-state index contributed by atoms with van der Waals surface area (Å²) in [4.78, 5) is 0. The van der Waals surface area contributed by atoms with Crippen molar-refractivity contribution in [3.63, 3.8) is 0 Å². The molecule has 0 aliphatic heterocycles. The lowest BCUT2D eigenvalue weighted by Crippen LogP contribution is -2.50. The highest BCUT2D eigenvalue weighted by molar-refractivity contribution is 7.59. The summed E-state index contributed by atoms with van der Waals surface area (Å²) in [5.41, 5.74) is 0. The van der Waals surface area contributed by atoms with E-state index in [2.05, 4.69) is 27.7 Å². The van der Waals surface area contributed by atoms with Gasteiger partial charge in [0.05, 0.1) is 26.2 Å². The SMILES string of the molecule is CCCC[N+](CCCC)(CCCC)CCCC.S.[H+]. The first-order valence-corrected chi connectivity index (χ1v) is 8.09. The molecule has 112 valence electrons. The summed E-state index contributed by atoms with van der Waals surface area (Å²) in [6.45, 7) is 15.0. The molecule has 0 unspecified atom stereocenters. The topological polar surface area (TPSA) is 0 Å². The van der Waals surface area contributed by atoms with Crippen molar-refractivity contribution < 1.29 is 5.91 Å². The Kier molecular flexibility index (Phi) is 15.7. The van der Waals surface area contributed by atoms with Gasteiger partial charge in [-0.25, -0.2) is 0 Å². The molecular weight excluding hydrogens is 238 g/mol. The second kappa shape index (κ2) is 13.7. The van der Waals surface area contributed by atoms with Crippen LogP contribution in [-0.4, -0.2) is 30.7 Å². The van der Waals surface area contributed by atoms with Crippen LogP contribution in [0.4, 0.5) is 0 Å². The summed E-state index contributed by atoms with van der Waals surface area (Å²) in [5.74, 6) is 0. The van der Waals surface area contributed by atoms with Crippen LogP contribution in [0, 0.1) is 0 Å². The molecule has 0 aliphatic carbocycles. The van der Waals surface area contributed by atoms with Crippen LogP contribution in [0.2, 0.25) is 0 Å². The van der Waals surface area contributed by atoms with Gasteiger partial charge in [0.2, 0.25) is 0 Å². The Morgan fingerprint density at radius 1 is 0.556 bits per heavy atom. The van der Waals surface area contributed by atoms with Crippen LogP contribution in [-0.2, 0) is 0 Å². The second-order valence-corrected chi connectivity index (χ2v) is 5.65. The highest BCUT2D eigenvalue weighted by Crippen LogP contribution is 2.16. The van der Waals surface area contributed by atoms with Crippen LogP contribution < -0.4 is 0 Å². The summed E-state index contributed by atoms with van der Waals surface area (Å²) < 4.78 is 1.42. The van der Waals surface area contributed by atoms with Crippen LogP contribution in [0.25, 0.3) is 0 Å². The van der Waals surface area contributed by atoms with Crippen LogP contribution in [0.15, 0.2) is 0 Å². The molecule has 0 aromatic heterocycles. The van der Waals surface area contributed by atoms with Gasteiger partial charge < -0.3 is 4.48 Å². The van der Waals surface area contributed by atoms with Crippen molar-refractivity contribution in [2.75, 3.05) is 26.2 Å². The maximum absolute atomic E-state index is 2.33. The van der Waals surface area contributed by atoms with Gasteiger partial charge in [0.15, 0.2) is 0 Å². The van der Waals surface area contributed by atoms with E-state index in [0.29, 0.717) is 0 Å². The minimum atomic E-state index is 0. The highest BCUT2D eigenvalue weighted by atomic mass is 32.1. The molecular formula is C16H39NS+2. The summed E-state index contributed by atoms with van der Waals surface area (Å²) in [6, 6.07) is 0. The Morgan fingerprint density at radius 3 is 0.944 bits per heavy atom. The standard InChI is InChI=1S/C16H36N.H2S/c1-5-9-13-17(14-10-6-2,15-11-7-3)16-12-8-4;/h5-16H2,1-4H3;1H2/q+1;/p+1. The van der Waals surface area contributed by atoms with Gasteiger partial charge >= 0.3 is 1.43 Å². The molecule has 1 nitrogen and oxygen atoms in total. The molecule has 0 aromatic carbocycles. The largest absolute Gasteiger partial charge is 1.00 e. The lowest BCUT2D eigenvalue weighted by molar-refractivity contribution is -0.929. The number of rotatable bonds is 12. The molecule has 0 radical (unpaired) electrons. The van der Waals surface area contributed by atoms with Gasteiger partial charge in [-0.1, -0.05) is 53.4 Å². The van der Waals surface area contributed by atoms with Gasteiger partial charge in [-0.05, 0) is 25.7 Å². The van der Waals surface area contributed by atoms with Crippen molar-refractivity contribution in [3.05, 3.63) is 0 Å². The van der Waals surface area contributed by atoms with Crippen molar-refractivity contribution >= 4 is 13.5 Å². The molecule has 0 saturated carbocycles. The molecule has 0 N–H and O–H groups in total. The van der Waals surface area contributed by atoms with Crippen LogP contribution in [0.1, 0.15) is 80.5 Å². The summed E-state index contributed by atoms with van der Waals surface area (Å²) in [6.07, 6.45) is 11.1.